The van der Waals surface area contributed by atoms with E-state index < -0.39 is 18.6 Å². The Morgan fingerprint density at radius 1 is 0.906 bits per heavy atom. The van der Waals surface area contributed by atoms with Crippen LogP contribution in [-0.2, 0) is 11.8 Å². The van der Waals surface area contributed by atoms with Gasteiger partial charge in [-0.25, -0.2) is 0 Å². The van der Waals surface area contributed by atoms with E-state index in [-0.39, 0.29) is 28.1 Å². The van der Waals surface area contributed by atoms with Crippen molar-refractivity contribution in [3.63, 3.8) is 0 Å². The van der Waals surface area contributed by atoms with Crippen LogP contribution < -0.4 is 0 Å². The third-order valence-electron chi connectivity index (χ3n) is 5.47. The molecular formula is C31H35N. The molecule has 0 spiro atoms. The minimum Gasteiger partial charge on any atom is -0.256 e. The first-order chi connectivity index (χ1) is 17.4. The Bertz CT molecular complexity index is 1500. The maximum atomic E-state index is 8.82. The van der Waals surface area contributed by atoms with Crippen LogP contribution in [0.1, 0.15) is 66.5 Å². The van der Waals surface area contributed by atoms with Crippen molar-refractivity contribution in [2.24, 2.45) is 5.41 Å². The summed E-state index contributed by atoms with van der Waals surface area (Å²) >= 11 is 0. The predicted molar refractivity (Wildman–Crippen MR) is 139 cm³/mol. The van der Waals surface area contributed by atoms with Crippen LogP contribution in [-0.4, -0.2) is 4.98 Å². The number of hydrogen-bond acceptors (Lipinski definition) is 1. The topological polar surface area (TPSA) is 12.9 Å². The highest BCUT2D eigenvalue weighted by atomic mass is 14.7. The van der Waals surface area contributed by atoms with E-state index in [2.05, 4.69) is 50.0 Å². The summed E-state index contributed by atoms with van der Waals surface area (Å²) in [6.07, 6.45) is -0.180. The largest absolute Gasteiger partial charge is 0.256 e. The number of pyridine rings is 1. The molecule has 4 rings (SSSR count). The number of fused-ring (bicyclic) bond motifs is 1. The Kier molecular flexibility index (Phi) is 4.05. The summed E-state index contributed by atoms with van der Waals surface area (Å²) in [6.45, 7) is 9.30. The number of nitrogens with zero attached hydrogens (tertiary/aromatic N) is 1. The highest BCUT2D eigenvalue weighted by Crippen LogP contribution is 2.35. The van der Waals surface area contributed by atoms with E-state index in [4.69, 9.17) is 8.22 Å². The van der Waals surface area contributed by atoms with Gasteiger partial charge in [0.15, 0.2) is 0 Å². The average molecular weight is 428 g/mol. The Morgan fingerprint density at radius 2 is 1.69 bits per heavy atom. The average Bonchev–Trinajstić information content (AvgIpc) is 2.81. The monoisotopic (exact) mass is 427 g/mol. The van der Waals surface area contributed by atoms with Crippen LogP contribution in [0.25, 0.3) is 33.2 Å². The molecule has 3 aromatic carbocycles. The highest BCUT2D eigenvalue weighted by molar-refractivity contribution is 5.91. The molecule has 0 aliphatic heterocycles. The van der Waals surface area contributed by atoms with Crippen LogP contribution in [0.3, 0.4) is 0 Å². The minimum absolute atomic E-state index is 0.0206. The van der Waals surface area contributed by atoms with E-state index in [1.165, 1.54) is 23.1 Å². The van der Waals surface area contributed by atoms with E-state index in [9.17, 15) is 0 Å². The van der Waals surface area contributed by atoms with Gasteiger partial charge in [-0.1, -0.05) is 84.0 Å². The van der Waals surface area contributed by atoms with Crippen molar-refractivity contribution in [2.75, 3.05) is 0 Å². The standard InChI is InChI=1S/C31H35N/c1-21-16-22(20-30(2,3)4)12-13-26(21)24-14-15-32-29(19-24)25-17-23-10-8-9-11-27(23)28(18-25)31(5,6)7/h8-19H,20H2,1-7H3/i1D3,13D,20D2. The fourth-order valence-electron chi connectivity index (χ4n) is 4.06. The molecule has 0 fully saturated rings. The molecule has 0 saturated carbocycles. The van der Waals surface area contributed by atoms with Crippen molar-refractivity contribution in [3.8, 4) is 22.4 Å². The summed E-state index contributed by atoms with van der Waals surface area (Å²) in [6, 6.07) is 18.9. The van der Waals surface area contributed by atoms with E-state index >= 15 is 0 Å². The number of aromatic nitrogens is 1. The fourth-order valence-corrected chi connectivity index (χ4v) is 4.06. The van der Waals surface area contributed by atoms with Gasteiger partial charge in [-0.05, 0) is 86.9 Å². The van der Waals surface area contributed by atoms with Gasteiger partial charge in [0.25, 0.3) is 0 Å². The minimum atomic E-state index is -2.53. The fraction of sp³-hybridized carbons (Fsp3) is 0.323. The number of aryl methyl sites for hydroxylation is 1. The molecular weight excluding hydrogens is 386 g/mol. The molecule has 0 unspecified atom stereocenters. The zero-order chi connectivity index (χ0) is 28.3. The Morgan fingerprint density at radius 3 is 2.41 bits per heavy atom. The third-order valence-corrected chi connectivity index (χ3v) is 5.47. The normalized spacial score (nSPS) is 15.9. The van der Waals surface area contributed by atoms with Gasteiger partial charge in [-0.3, -0.25) is 4.98 Å². The molecule has 1 nitrogen and oxygen atoms in total. The second-order valence-electron chi connectivity index (χ2n) is 10.5. The Hall–Kier alpha value is -2.93. The van der Waals surface area contributed by atoms with E-state index in [0.29, 0.717) is 11.3 Å². The van der Waals surface area contributed by atoms with Crippen molar-refractivity contribution in [1.29, 1.82) is 0 Å². The van der Waals surface area contributed by atoms with Gasteiger partial charge < -0.3 is 0 Å². The molecule has 0 radical (unpaired) electrons. The van der Waals surface area contributed by atoms with Crippen molar-refractivity contribution in [1.82, 2.24) is 4.98 Å². The van der Waals surface area contributed by atoms with Crippen LogP contribution in [0, 0.1) is 12.3 Å². The van der Waals surface area contributed by atoms with Crippen molar-refractivity contribution in [3.05, 3.63) is 89.6 Å². The first-order valence-electron chi connectivity index (χ1n) is 14.1. The zero-order valence-corrected chi connectivity index (χ0v) is 19.8. The number of benzene rings is 3. The first-order valence-corrected chi connectivity index (χ1v) is 11.1. The van der Waals surface area contributed by atoms with Crippen molar-refractivity contribution in [2.45, 2.75) is 60.2 Å². The lowest BCUT2D eigenvalue weighted by molar-refractivity contribution is 0.411. The van der Waals surface area contributed by atoms with Gasteiger partial charge >= 0.3 is 0 Å². The molecule has 0 aliphatic rings. The van der Waals surface area contributed by atoms with Gasteiger partial charge in [-0.2, -0.15) is 0 Å². The highest BCUT2D eigenvalue weighted by Gasteiger charge is 2.19. The first kappa shape index (κ1) is 15.8. The lowest BCUT2D eigenvalue weighted by Gasteiger charge is -2.23. The van der Waals surface area contributed by atoms with Crippen LogP contribution in [0.4, 0.5) is 0 Å². The van der Waals surface area contributed by atoms with E-state index in [1.807, 2.05) is 18.2 Å². The molecule has 164 valence electrons. The predicted octanol–water partition coefficient (Wildman–Crippen LogP) is 8.76. The molecule has 0 atom stereocenters. The maximum absolute atomic E-state index is 8.82. The molecule has 0 bridgehead atoms. The second-order valence-corrected chi connectivity index (χ2v) is 10.5. The molecule has 1 heterocycles. The van der Waals surface area contributed by atoms with Crippen LogP contribution in [0.5, 0.6) is 0 Å². The zero-order valence-electron chi connectivity index (χ0n) is 25.8. The van der Waals surface area contributed by atoms with Crippen molar-refractivity contribution < 1.29 is 8.22 Å². The molecule has 0 saturated heterocycles. The summed E-state index contributed by atoms with van der Waals surface area (Å²) in [5.41, 5.74) is 2.93. The number of hydrogen-bond donors (Lipinski definition) is 0. The van der Waals surface area contributed by atoms with E-state index in [0.717, 1.165) is 10.9 Å². The summed E-state index contributed by atoms with van der Waals surface area (Å²) in [5.74, 6) is 0. The molecule has 1 heteroatoms. The molecule has 1 aromatic heterocycles. The summed E-state index contributed by atoms with van der Waals surface area (Å²) in [5, 5.41) is 2.28. The quantitative estimate of drug-likeness (QED) is 0.318. The van der Waals surface area contributed by atoms with Crippen molar-refractivity contribution >= 4 is 10.8 Å². The Balaban J connectivity index is 1.94. The lowest BCUT2D eigenvalue weighted by Crippen LogP contribution is -2.12. The SMILES string of the molecule is [2H]c1cc(C([2H])([2H])C(C)(C)C)cc(C([2H])([2H])[2H])c1-c1ccnc(-c2cc(C(C)(C)C)c3ccccc3c2)c1. The van der Waals surface area contributed by atoms with E-state index in [1.54, 1.807) is 33.0 Å². The summed E-state index contributed by atoms with van der Waals surface area (Å²) in [4.78, 5) is 4.61. The second kappa shape index (κ2) is 8.20. The molecule has 4 aromatic rings. The molecule has 0 amide bonds. The Labute approximate surface area is 202 Å². The lowest BCUT2D eigenvalue weighted by atomic mass is 9.82. The molecule has 0 aliphatic carbocycles. The van der Waals surface area contributed by atoms with Crippen LogP contribution >= 0.6 is 0 Å². The summed E-state index contributed by atoms with van der Waals surface area (Å²) in [7, 11) is 0. The smallest absolute Gasteiger partial charge is 0.0708 e. The third kappa shape index (κ3) is 4.78. The molecule has 0 N–H and O–H groups in total. The maximum Gasteiger partial charge on any atom is 0.0708 e. The summed E-state index contributed by atoms with van der Waals surface area (Å²) < 4.78 is 50.8. The van der Waals surface area contributed by atoms with Gasteiger partial charge in [-0.15, -0.1) is 0 Å². The van der Waals surface area contributed by atoms with Crippen LogP contribution in [0.2, 0.25) is 0 Å². The van der Waals surface area contributed by atoms with Gasteiger partial charge in [0.1, 0.15) is 0 Å². The van der Waals surface area contributed by atoms with Gasteiger partial charge in [0.2, 0.25) is 0 Å². The van der Waals surface area contributed by atoms with Gasteiger partial charge in [0.05, 0.1) is 7.06 Å². The van der Waals surface area contributed by atoms with Gasteiger partial charge in [0, 0.05) is 18.6 Å². The van der Waals surface area contributed by atoms with Crippen LogP contribution in [0.15, 0.2) is 72.9 Å². The number of rotatable bonds is 3. The molecule has 32 heavy (non-hydrogen) atoms.